The van der Waals surface area contributed by atoms with Crippen LogP contribution in [0, 0.1) is 6.92 Å². The summed E-state index contributed by atoms with van der Waals surface area (Å²) in [5, 5.41) is 3.73. The van der Waals surface area contributed by atoms with Gasteiger partial charge in [0.2, 0.25) is 5.95 Å². The van der Waals surface area contributed by atoms with Gasteiger partial charge in [-0.1, -0.05) is 19.1 Å². The van der Waals surface area contributed by atoms with Gasteiger partial charge in [-0.2, -0.15) is 0 Å². The van der Waals surface area contributed by atoms with Gasteiger partial charge >= 0.3 is 0 Å². The predicted octanol–water partition coefficient (Wildman–Crippen LogP) is 5.15. The molecule has 4 rings (SSSR count). The van der Waals surface area contributed by atoms with Gasteiger partial charge in [0.05, 0.1) is 30.9 Å². The highest BCUT2D eigenvalue weighted by Gasteiger charge is 2.20. The second-order valence-electron chi connectivity index (χ2n) is 7.03. The number of nitrogens with zero attached hydrogens (tertiary/aromatic N) is 3. The molecule has 0 aliphatic carbocycles. The van der Waals surface area contributed by atoms with Gasteiger partial charge in [0.15, 0.2) is 11.5 Å². The minimum Gasteiger partial charge on any atom is -0.493 e. The molecule has 1 amide bonds. The number of anilines is 1. The molecule has 2 heterocycles. The van der Waals surface area contributed by atoms with Gasteiger partial charge in [-0.25, -0.2) is 9.97 Å². The number of ether oxygens (including phenoxy) is 2. The SMILES string of the molecule is CCCn1c(NC(=O)c2sc(-c3ccc(OC)c(OC)c3)nc2C)nc2ccccc21. The van der Waals surface area contributed by atoms with Crippen LogP contribution >= 0.6 is 11.3 Å². The van der Waals surface area contributed by atoms with Crippen LogP contribution in [0.15, 0.2) is 42.5 Å². The van der Waals surface area contributed by atoms with Crippen LogP contribution in [0.1, 0.15) is 28.7 Å². The molecule has 0 radical (unpaired) electrons. The number of carbonyl (C=O) groups is 1. The van der Waals surface area contributed by atoms with Gasteiger partial charge in [-0.3, -0.25) is 10.1 Å². The first-order valence-corrected chi connectivity index (χ1v) is 10.8. The largest absolute Gasteiger partial charge is 0.493 e. The minimum atomic E-state index is -0.214. The number of nitrogens with one attached hydrogen (secondary N) is 1. The zero-order valence-corrected chi connectivity index (χ0v) is 18.7. The average molecular weight is 437 g/mol. The van der Waals surface area contributed by atoms with Crippen molar-refractivity contribution in [1.82, 2.24) is 14.5 Å². The number of fused-ring (bicyclic) bond motifs is 1. The Morgan fingerprint density at radius 3 is 2.61 bits per heavy atom. The molecule has 1 N–H and O–H groups in total. The van der Waals surface area contributed by atoms with Crippen molar-refractivity contribution in [2.75, 3.05) is 19.5 Å². The summed E-state index contributed by atoms with van der Waals surface area (Å²) in [5.41, 5.74) is 3.40. The zero-order valence-electron chi connectivity index (χ0n) is 17.9. The lowest BCUT2D eigenvalue weighted by Gasteiger charge is -2.08. The Morgan fingerprint density at radius 2 is 1.87 bits per heavy atom. The number of imidazole rings is 1. The topological polar surface area (TPSA) is 78.3 Å². The summed E-state index contributed by atoms with van der Waals surface area (Å²) in [4.78, 5) is 22.9. The van der Waals surface area contributed by atoms with E-state index in [-0.39, 0.29) is 5.91 Å². The van der Waals surface area contributed by atoms with E-state index in [1.54, 1.807) is 14.2 Å². The van der Waals surface area contributed by atoms with Crippen LogP contribution in [0.2, 0.25) is 0 Å². The van der Waals surface area contributed by atoms with Crippen molar-refractivity contribution in [3.05, 3.63) is 53.0 Å². The van der Waals surface area contributed by atoms with E-state index in [0.29, 0.717) is 28.0 Å². The van der Waals surface area contributed by atoms with Crippen LogP contribution in [0.3, 0.4) is 0 Å². The fraction of sp³-hybridized carbons (Fsp3) is 0.261. The molecule has 0 saturated carbocycles. The first-order valence-electron chi connectivity index (χ1n) is 10.0. The van der Waals surface area contributed by atoms with E-state index in [0.717, 1.165) is 34.6 Å². The maximum Gasteiger partial charge on any atom is 0.269 e. The molecule has 0 unspecified atom stereocenters. The summed E-state index contributed by atoms with van der Waals surface area (Å²) in [5.74, 6) is 1.60. The normalized spacial score (nSPS) is 11.0. The maximum atomic E-state index is 13.1. The number of benzene rings is 2. The minimum absolute atomic E-state index is 0.214. The summed E-state index contributed by atoms with van der Waals surface area (Å²) in [6.07, 6.45) is 0.937. The Bertz CT molecular complexity index is 1250. The molecule has 0 saturated heterocycles. The molecule has 0 fully saturated rings. The number of thiazole rings is 1. The highest BCUT2D eigenvalue weighted by atomic mass is 32.1. The number of para-hydroxylation sites is 2. The van der Waals surface area contributed by atoms with E-state index in [2.05, 4.69) is 22.2 Å². The first kappa shape index (κ1) is 20.9. The van der Waals surface area contributed by atoms with E-state index < -0.39 is 0 Å². The number of methoxy groups -OCH3 is 2. The molecular weight excluding hydrogens is 412 g/mol. The summed E-state index contributed by atoms with van der Waals surface area (Å²) < 4.78 is 12.7. The molecule has 4 aromatic rings. The number of rotatable bonds is 7. The first-order chi connectivity index (χ1) is 15.0. The zero-order chi connectivity index (χ0) is 22.0. The molecule has 0 bridgehead atoms. The van der Waals surface area contributed by atoms with Crippen molar-refractivity contribution in [2.24, 2.45) is 0 Å². The highest BCUT2D eigenvalue weighted by Crippen LogP contribution is 2.35. The molecule has 0 spiro atoms. The summed E-state index contributed by atoms with van der Waals surface area (Å²) in [7, 11) is 3.19. The van der Waals surface area contributed by atoms with Crippen LogP contribution in [-0.4, -0.2) is 34.7 Å². The third-order valence-corrected chi connectivity index (χ3v) is 6.17. The number of aromatic nitrogens is 3. The average Bonchev–Trinajstić information content (AvgIpc) is 3.34. The van der Waals surface area contributed by atoms with Crippen LogP contribution in [-0.2, 0) is 6.54 Å². The van der Waals surface area contributed by atoms with E-state index in [1.165, 1.54) is 11.3 Å². The predicted molar refractivity (Wildman–Crippen MR) is 123 cm³/mol. The molecule has 7 nitrogen and oxygen atoms in total. The van der Waals surface area contributed by atoms with Crippen molar-refractivity contribution < 1.29 is 14.3 Å². The van der Waals surface area contributed by atoms with Crippen molar-refractivity contribution in [3.63, 3.8) is 0 Å². The molecule has 0 atom stereocenters. The molecule has 31 heavy (non-hydrogen) atoms. The smallest absolute Gasteiger partial charge is 0.269 e. The fourth-order valence-electron chi connectivity index (χ4n) is 3.48. The van der Waals surface area contributed by atoms with Gasteiger partial charge in [0.25, 0.3) is 5.91 Å². The number of hydrogen-bond donors (Lipinski definition) is 1. The van der Waals surface area contributed by atoms with E-state index >= 15 is 0 Å². The van der Waals surface area contributed by atoms with Crippen LogP contribution in [0.25, 0.3) is 21.6 Å². The standard InChI is InChI=1S/C23H24N4O3S/c1-5-12-27-17-9-7-6-8-16(17)25-23(27)26-21(28)20-14(2)24-22(31-20)15-10-11-18(29-3)19(13-15)30-4/h6-11,13H,5,12H2,1-4H3,(H,25,26,28). The molecule has 2 aromatic carbocycles. The maximum absolute atomic E-state index is 13.1. The number of hydrogen-bond acceptors (Lipinski definition) is 6. The summed E-state index contributed by atoms with van der Waals surface area (Å²) >= 11 is 1.34. The lowest BCUT2D eigenvalue weighted by Crippen LogP contribution is -2.16. The van der Waals surface area contributed by atoms with Gasteiger partial charge in [-0.05, 0) is 43.7 Å². The lowest BCUT2D eigenvalue weighted by molar-refractivity contribution is 0.102. The Morgan fingerprint density at radius 1 is 1.10 bits per heavy atom. The highest BCUT2D eigenvalue weighted by molar-refractivity contribution is 7.17. The number of amides is 1. The second-order valence-corrected chi connectivity index (χ2v) is 8.03. The van der Waals surface area contributed by atoms with E-state index in [9.17, 15) is 4.79 Å². The van der Waals surface area contributed by atoms with E-state index in [1.807, 2.05) is 54.0 Å². The molecule has 0 aliphatic rings. The molecule has 2 aromatic heterocycles. The van der Waals surface area contributed by atoms with Crippen LogP contribution < -0.4 is 14.8 Å². The van der Waals surface area contributed by atoms with Crippen molar-refractivity contribution in [3.8, 4) is 22.1 Å². The summed E-state index contributed by atoms with van der Waals surface area (Å²) in [6.45, 7) is 4.71. The van der Waals surface area contributed by atoms with Gasteiger partial charge in [0, 0.05) is 12.1 Å². The van der Waals surface area contributed by atoms with Crippen molar-refractivity contribution in [1.29, 1.82) is 0 Å². The van der Waals surface area contributed by atoms with Crippen LogP contribution in [0.4, 0.5) is 5.95 Å². The van der Waals surface area contributed by atoms with Gasteiger partial charge in [0.1, 0.15) is 9.88 Å². The quantitative estimate of drug-likeness (QED) is 0.434. The Balaban J connectivity index is 1.65. The third-order valence-electron chi connectivity index (χ3n) is 4.96. The van der Waals surface area contributed by atoms with Crippen molar-refractivity contribution in [2.45, 2.75) is 26.8 Å². The Hall–Kier alpha value is -3.39. The molecule has 0 aliphatic heterocycles. The molecule has 160 valence electrons. The fourth-order valence-corrected chi connectivity index (χ4v) is 4.44. The van der Waals surface area contributed by atoms with Crippen molar-refractivity contribution >= 4 is 34.2 Å². The van der Waals surface area contributed by atoms with Gasteiger partial charge < -0.3 is 14.0 Å². The lowest BCUT2D eigenvalue weighted by atomic mass is 10.2. The van der Waals surface area contributed by atoms with Crippen LogP contribution in [0.5, 0.6) is 11.5 Å². The number of aryl methyl sites for hydroxylation is 2. The summed E-state index contributed by atoms with van der Waals surface area (Å²) in [6, 6.07) is 13.5. The van der Waals surface area contributed by atoms with E-state index in [4.69, 9.17) is 9.47 Å². The third kappa shape index (κ3) is 3.98. The monoisotopic (exact) mass is 436 g/mol. The molecule has 8 heteroatoms. The van der Waals surface area contributed by atoms with Gasteiger partial charge in [-0.15, -0.1) is 11.3 Å². The number of carbonyl (C=O) groups excluding carboxylic acids is 1. The molecular formula is C23H24N4O3S. The Labute approximate surface area is 184 Å². The second kappa shape index (κ2) is 8.77. The Kier molecular flexibility index (Phi) is 5.90.